The Labute approximate surface area is 140 Å². The lowest BCUT2D eigenvalue weighted by Gasteiger charge is -2.32. The van der Waals surface area contributed by atoms with E-state index in [4.69, 9.17) is 4.74 Å². The Balaban J connectivity index is 2.01. The Morgan fingerprint density at radius 3 is 2.48 bits per heavy atom. The normalized spacial score (nSPS) is 22.4. The molecule has 2 rings (SSSR count). The topological polar surface area (TPSA) is 55.4 Å². The smallest absolute Gasteiger partial charge is 0.240 e. The first kappa shape index (κ1) is 18.4. The van der Waals surface area contributed by atoms with Gasteiger partial charge in [-0.2, -0.15) is 0 Å². The lowest BCUT2D eigenvalue weighted by molar-refractivity contribution is 0.00615. The highest BCUT2D eigenvalue weighted by atomic mass is 32.2. The van der Waals surface area contributed by atoms with Gasteiger partial charge in [0.1, 0.15) is 0 Å². The number of sulfonamides is 1. The molecule has 0 bridgehead atoms. The number of hydrogen-bond acceptors (Lipinski definition) is 3. The molecule has 2 atom stereocenters. The zero-order chi connectivity index (χ0) is 16.9. The lowest BCUT2D eigenvalue weighted by atomic mass is 9.93. The second kappa shape index (κ2) is 8.27. The van der Waals surface area contributed by atoms with Crippen molar-refractivity contribution in [3.8, 4) is 0 Å². The number of aryl methyl sites for hydroxylation is 1. The van der Waals surface area contributed by atoms with Gasteiger partial charge in [0.05, 0.1) is 11.0 Å². The molecule has 1 fully saturated rings. The van der Waals surface area contributed by atoms with Crippen molar-refractivity contribution in [3.05, 3.63) is 29.8 Å². The fraction of sp³-hybridized carbons (Fsp3) is 0.667. The van der Waals surface area contributed by atoms with E-state index in [9.17, 15) is 8.42 Å². The molecule has 1 aliphatic rings. The van der Waals surface area contributed by atoms with Crippen LogP contribution < -0.4 is 4.72 Å². The van der Waals surface area contributed by atoms with Crippen LogP contribution >= 0.6 is 0 Å². The predicted molar refractivity (Wildman–Crippen MR) is 93.0 cm³/mol. The van der Waals surface area contributed by atoms with E-state index in [-0.39, 0.29) is 12.1 Å². The van der Waals surface area contributed by atoms with Gasteiger partial charge in [0.2, 0.25) is 10.0 Å². The van der Waals surface area contributed by atoms with Gasteiger partial charge in [-0.1, -0.05) is 44.4 Å². The van der Waals surface area contributed by atoms with Gasteiger partial charge in [-0.3, -0.25) is 0 Å². The Morgan fingerprint density at radius 1 is 1.17 bits per heavy atom. The molecule has 1 aromatic rings. The van der Waals surface area contributed by atoms with Gasteiger partial charge in [0, 0.05) is 12.6 Å². The summed E-state index contributed by atoms with van der Waals surface area (Å²) in [5.74, 6) is 0.598. The zero-order valence-corrected chi connectivity index (χ0v) is 15.2. The van der Waals surface area contributed by atoms with Crippen LogP contribution in [0.1, 0.15) is 51.5 Å². The Bertz CT molecular complexity index is 581. The van der Waals surface area contributed by atoms with Crippen LogP contribution in [-0.4, -0.2) is 27.2 Å². The van der Waals surface area contributed by atoms with E-state index in [0.717, 1.165) is 37.7 Å². The number of nitrogens with one attached hydrogen (secondary N) is 1. The fourth-order valence-corrected chi connectivity index (χ4v) is 4.17. The summed E-state index contributed by atoms with van der Waals surface area (Å²) in [6.45, 7) is 6.98. The minimum Gasteiger partial charge on any atom is -0.377 e. The molecule has 5 heteroatoms. The zero-order valence-electron chi connectivity index (χ0n) is 14.4. The van der Waals surface area contributed by atoms with Gasteiger partial charge >= 0.3 is 0 Å². The second-order valence-corrected chi connectivity index (χ2v) is 8.63. The van der Waals surface area contributed by atoms with Gasteiger partial charge in [-0.15, -0.1) is 0 Å². The standard InChI is InChI=1S/C18H29NO3S/c1-14(2)12-13-22-18-7-5-4-6-17(18)19-23(20,21)16-10-8-15(3)9-11-16/h8-11,14,17-19H,4-7,12-13H2,1-3H3. The molecule has 4 nitrogen and oxygen atoms in total. The molecular weight excluding hydrogens is 310 g/mol. The Hall–Kier alpha value is -0.910. The molecule has 23 heavy (non-hydrogen) atoms. The third kappa shape index (κ3) is 5.59. The first-order valence-corrected chi connectivity index (χ1v) is 10.1. The lowest BCUT2D eigenvalue weighted by Crippen LogP contribution is -2.46. The van der Waals surface area contributed by atoms with E-state index in [1.165, 1.54) is 0 Å². The Morgan fingerprint density at radius 2 is 1.83 bits per heavy atom. The first-order chi connectivity index (χ1) is 10.9. The molecule has 0 aromatic heterocycles. The van der Waals surface area contributed by atoms with Crippen molar-refractivity contribution in [2.45, 2.75) is 69.9 Å². The molecule has 0 radical (unpaired) electrons. The highest BCUT2D eigenvalue weighted by molar-refractivity contribution is 7.89. The third-order valence-corrected chi connectivity index (χ3v) is 5.87. The van der Waals surface area contributed by atoms with Crippen LogP contribution in [0.5, 0.6) is 0 Å². The van der Waals surface area contributed by atoms with E-state index in [2.05, 4.69) is 18.6 Å². The molecule has 0 saturated heterocycles. The maximum atomic E-state index is 12.6. The summed E-state index contributed by atoms with van der Waals surface area (Å²) in [5.41, 5.74) is 1.05. The first-order valence-electron chi connectivity index (χ1n) is 8.59. The van der Waals surface area contributed by atoms with Crippen molar-refractivity contribution in [3.63, 3.8) is 0 Å². The molecule has 1 saturated carbocycles. The molecule has 0 aliphatic heterocycles. The fourth-order valence-electron chi connectivity index (χ4n) is 2.87. The summed E-state index contributed by atoms with van der Waals surface area (Å²) < 4.78 is 34.0. The van der Waals surface area contributed by atoms with Gasteiger partial charge in [0.25, 0.3) is 0 Å². The summed E-state index contributed by atoms with van der Waals surface area (Å²) in [4.78, 5) is 0.328. The molecule has 1 aliphatic carbocycles. The quantitative estimate of drug-likeness (QED) is 0.825. The largest absolute Gasteiger partial charge is 0.377 e. The van der Waals surface area contributed by atoms with Crippen LogP contribution in [0.3, 0.4) is 0 Å². The van der Waals surface area contributed by atoms with E-state index in [0.29, 0.717) is 17.4 Å². The van der Waals surface area contributed by atoms with Gasteiger partial charge in [0.15, 0.2) is 0 Å². The van der Waals surface area contributed by atoms with Crippen LogP contribution in [0.15, 0.2) is 29.2 Å². The summed E-state index contributed by atoms with van der Waals surface area (Å²) in [6, 6.07) is 6.85. The average molecular weight is 340 g/mol. The van der Waals surface area contributed by atoms with Gasteiger partial charge in [-0.05, 0) is 44.2 Å². The van der Waals surface area contributed by atoms with E-state index < -0.39 is 10.0 Å². The minimum atomic E-state index is -3.48. The number of ether oxygens (including phenoxy) is 1. The summed E-state index contributed by atoms with van der Waals surface area (Å²) in [7, 11) is -3.48. The van der Waals surface area contributed by atoms with Gasteiger partial charge in [-0.25, -0.2) is 13.1 Å². The summed E-state index contributed by atoms with van der Waals surface area (Å²) in [5, 5.41) is 0. The Kier molecular flexibility index (Phi) is 6.62. The molecule has 130 valence electrons. The molecular formula is C18H29NO3S. The van der Waals surface area contributed by atoms with Crippen molar-refractivity contribution in [2.24, 2.45) is 5.92 Å². The molecule has 1 aromatic carbocycles. The van der Waals surface area contributed by atoms with Crippen molar-refractivity contribution < 1.29 is 13.2 Å². The SMILES string of the molecule is Cc1ccc(S(=O)(=O)NC2CCCCC2OCCC(C)C)cc1. The van der Waals surface area contributed by atoms with Crippen LogP contribution in [0.2, 0.25) is 0 Å². The highest BCUT2D eigenvalue weighted by Crippen LogP contribution is 2.24. The highest BCUT2D eigenvalue weighted by Gasteiger charge is 2.30. The van der Waals surface area contributed by atoms with Crippen LogP contribution in [0.4, 0.5) is 0 Å². The summed E-state index contributed by atoms with van der Waals surface area (Å²) in [6.07, 6.45) is 4.92. The molecule has 1 N–H and O–H groups in total. The molecule has 0 spiro atoms. The van der Waals surface area contributed by atoms with E-state index in [1.807, 2.05) is 19.1 Å². The minimum absolute atomic E-state index is 0.0114. The summed E-state index contributed by atoms with van der Waals surface area (Å²) >= 11 is 0. The van der Waals surface area contributed by atoms with Crippen molar-refractivity contribution in [2.75, 3.05) is 6.61 Å². The van der Waals surface area contributed by atoms with Crippen molar-refractivity contribution >= 4 is 10.0 Å². The second-order valence-electron chi connectivity index (χ2n) is 6.92. The van der Waals surface area contributed by atoms with E-state index in [1.54, 1.807) is 12.1 Å². The van der Waals surface area contributed by atoms with Gasteiger partial charge < -0.3 is 4.74 Å². The monoisotopic (exact) mass is 339 g/mol. The predicted octanol–water partition coefficient (Wildman–Crippen LogP) is 3.65. The molecule has 2 unspecified atom stereocenters. The van der Waals surface area contributed by atoms with Crippen LogP contribution in [0, 0.1) is 12.8 Å². The maximum Gasteiger partial charge on any atom is 0.240 e. The average Bonchev–Trinajstić information content (AvgIpc) is 2.49. The third-order valence-electron chi connectivity index (χ3n) is 4.37. The van der Waals surface area contributed by atoms with Crippen molar-refractivity contribution in [1.29, 1.82) is 0 Å². The maximum absolute atomic E-state index is 12.6. The number of hydrogen-bond donors (Lipinski definition) is 1. The van der Waals surface area contributed by atoms with Crippen LogP contribution in [0.25, 0.3) is 0 Å². The number of rotatable bonds is 7. The molecule has 0 heterocycles. The van der Waals surface area contributed by atoms with E-state index >= 15 is 0 Å². The van der Waals surface area contributed by atoms with Crippen molar-refractivity contribution in [1.82, 2.24) is 4.72 Å². The molecule has 0 amide bonds. The van der Waals surface area contributed by atoms with Crippen LogP contribution in [-0.2, 0) is 14.8 Å². The number of benzene rings is 1.